The van der Waals surface area contributed by atoms with Gasteiger partial charge in [0.05, 0.1) is 6.54 Å². The van der Waals surface area contributed by atoms with E-state index in [4.69, 9.17) is 10.5 Å². The first kappa shape index (κ1) is 13.3. The summed E-state index contributed by atoms with van der Waals surface area (Å²) in [5.74, 6) is 0.572. The zero-order valence-corrected chi connectivity index (χ0v) is 9.89. The van der Waals surface area contributed by atoms with Gasteiger partial charge >= 0.3 is 6.18 Å². The van der Waals surface area contributed by atoms with Gasteiger partial charge in [0.25, 0.3) is 0 Å². The molecular weight excluding hydrogens is 259 g/mol. The predicted molar refractivity (Wildman–Crippen MR) is 63.6 cm³/mol. The largest absolute Gasteiger partial charge is 0.492 e. The highest BCUT2D eigenvalue weighted by Crippen LogP contribution is 2.27. The van der Waals surface area contributed by atoms with Crippen LogP contribution in [0.3, 0.4) is 0 Å². The van der Waals surface area contributed by atoms with E-state index in [2.05, 4.69) is 5.10 Å². The van der Waals surface area contributed by atoms with Crippen molar-refractivity contribution in [3.63, 3.8) is 0 Å². The molecule has 1 aromatic carbocycles. The lowest BCUT2D eigenvalue weighted by Crippen LogP contribution is -2.11. The minimum atomic E-state index is -4.42. The van der Waals surface area contributed by atoms with E-state index in [1.165, 1.54) is 10.9 Å². The van der Waals surface area contributed by atoms with Gasteiger partial charge in [-0.05, 0) is 18.2 Å². The average molecular weight is 271 g/mol. The van der Waals surface area contributed by atoms with Crippen LogP contribution in [-0.2, 0) is 12.7 Å². The predicted octanol–water partition coefficient (Wildman–Crippen LogP) is 2.56. The van der Waals surface area contributed by atoms with Gasteiger partial charge in [-0.3, -0.25) is 4.68 Å². The van der Waals surface area contributed by atoms with E-state index in [0.29, 0.717) is 11.4 Å². The monoisotopic (exact) mass is 271 g/mol. The van der Waals surface area contributed by atoms with Gasteiger partial charge < -0.3 is 10.5 Å². The Morgan fingerprint density at radius 1 is 1.26 bits per heavy atom. The molecule has 4 nitrogen and oxygen atoms in total. The molecule has 0 fully saturated rings. The summed E-state index contributed by atoms with van der Waals surface area (Å²) in [7, 11) is 0. The highest BCUT2D eigenvalue weighted by atomic mass is 19.4. The van der Waals surface area contributed by atoms with E-state index in [0.717, 1.165) is 6.07 Å². The molecule has 1 aromatic heterocycles. The van der Waals surface area contributed by atoms with Crippen molar-refractivity contribution in [2.24, 2.45) is 0 Å². The highest BCUT2D eigenvalue weighted by molar-refractivity contribution is 5.43. The molecule has 0 aliphatic rings. The second kappa shape index (κ2) is 5.21. The molecular formula is C12H12F3N3O. The number of aromatic nitrogens is 2. The average Bonchev–Trinajstić information content (AvgIpc) is 2.77. The van der Waals surface area contributed by atoms with Crippen molar-refractivity contribution < 1.29 is 17.9 Å². The summed E-state index contributed by atoms with van der Waals surface area (Å²) in [6.07, 6.45) is -3.15. The zero-order chi connectivity index (χ0) is 13.9. The number of benzene rings is 1. The minimum Gasteiger partial charge on any atom is -0.492 e. The number of nitrogens with two attached hydrogens (primary N) is 1. The summed E-state index contributed by atoms with van der Waals surface area (Å²) < 4.78 is 43.5. The molecule has 1 heterocycles. The quantitative estimate of drug-likeness (QED) is 0.869. The molecule has 0 radical (unpaired) electrons. The van der Waals surface area contributed by atoms with Gasteiger partial charge in [-0.25, -0.2) is 0 Å². The Morgan fingerprint density at radius 2 is 2.05 bits per heavy atom. The number of alkyl halides is 3. The fourth-order valence-electron chi connectivity index (χ4n) is 1.50. The molecule has 2 aromatic rings. The van der Waals surface area contributed by atoms with Crippen LogP contribution in [0.15, 0.2) is 36.5 Å². The smallest absolute Gasteiger partial charge is 0.435 e. The molecule has 102 valence electrons. The Bertz CT molecular complexity index is 551. The molecule has 19 heavy (non-hydrogen) atoms. The number of anilines is 1. The standard InChI is InChI=1S/C12H12F3N3O/c13-12(14,15)11-4-5-18(17-11)6-7-19-10-3-1-2-9(16)8-10/h1-5,8H,6-7,16H2. The Morgan fingerprint density at radius 3 is 2.68 bits per heavy atom. The molecule has 0 bridgehead atoms. The van der Waals surface area contributed by atoms with E-state index in [9.17, 15) is 13.2 Å². The van der Waals surface area contributed by atoms with Gasteiger partial charge in [-0.15, -0.1) is 0 Å². The van der Waals surface area contributed by atoms with Crippen LogP contribution in [0.4, 0.5) is 18.9 Å². The molecule has 7 heteroatoms. The van der Waals surface area contributed by atoms with E-state index < -0.39 is 11.9 Å². The molecule has 0 unspecified atom stereocenters. The lowest BCUT2D eigenvalue weighted by Gasteiger charge is -2.07. The van der Waals surface area contributed by atoms with Crippen molar-refractivity contribution >= 4 is 5.69 Å². The van der Waals surface area contributed by atoms with Gasteiger partial charge in [0, 0.05) is 18.0 Å². The highest BCUT2D eigenvalue weighted by Gasteiger charge is 2.33. The normalized spacial score (nSPS) is 11.5. The maximum Gasteiger partial charge on any atom is 0.435 e. The van der Waals surface area contributed by atoms with E-state index in [1.807, 2.05) is 0 Å². The third kappa shape index (κ3) is 3.64. The number of halogens is 3. The fourth-order valence-corrected chi connectivity index (χ4v) is 1.50. The molecule has 0 aliphatic carbocycles. The molecule has 2 rings (SSSR count). The first-order valence-electron chi connectivity index (χ1n) is 5.54. The number of rotatable bonds is 4. The van der Waals surface area contributed by atoms with Crippen molar-refractivity contribution in [1.29, 1.82) is 0 Å². The Labute approximate surface area is 107 Å². The van der Waals surface area contributed by atoms with Crippen molar-refractivity contribution in [2.75, 3.05) is 12.3 Å². The number of hydrogen-bond acceptors (Lipinski definition) is 3. The molecule has 0 amide bonds. The first-order chi connectivity index (χ1) is 8.95. The fraction of sp³-hybridized carbons (Fsp3) is 0.250. The summed E-state index contributed by atoms with van der Waals surface area (Å²) in [5, 5.41) is 3.42. The molecule has 0 saturated carbocycles. The molecule has 0 spiro atoms. The second-order valence-corrected chi connectivity index (χ2v) is 3.88. The number of hydrogen-bond donors (Lipinski definition) is 1. The lowest BCUT2D eigenvalue weighted by molar-refractivity contribution is -0.141. The third-order valence-corrected chi connectivity index (χ3v) is 2.38. The Kier molecular flexibility index (Phi) is 3.64. The Hall–Kier alpha value is -2.18. The summed E-state index contributed by atoms with van der Waals surface area (Å²) in [5.41, 5.74) is 5.23. The van der Waals surface area contributed by atoms with Crippen molar-refractivity contribution in [1.82, 2.24) is 9.78 Å². The van der Waals surface area contributed by atoms with Crippen LogP contribution in [-0.4, -0.2) is 16.4 Å². The van der Waals surface area contributed by atoms with Gasteiger partial charge in [0.1, 0.15) is 12.4 Å². The number of nitrogen functional groups attached to an aromatic ring is 1. The third-order valence-electron chi connectivity index (χ3n) is 2.38. The maximum atomic E-state index is 12.3. The van der Waals surface area contributed by atoms with Crippen LogP contribution in [0.1, 0.15) is 5.69 Å². The second-order valence-electron chi connectivity index (χ2n) is 3.88. The summed E-state index contributed by atoms with van der Waals surface area (Å²) in [4.78, 5) is 0. The van der Waals surface area contributed by atoms with Crippen molar-refractivity contribution in [3.8, 4) is 5.75 Å². The first-order valence-corrected chi connectivity index (χ1v) is 5.54. The summed E-state index contributed by atoms with van der Waals surface area (Å²) in [6.45, 7) is 0.438. The van der Waals surface area contributed by atoms with Crippen molar-refractivity contribution in [2.45, 2.75) is 12.7 Å². The molecule has 0 atom stereocenters. The van der Waals surface area contributed by atoms with Gasteiger partial charge in [-0.1, -0.05) is 6.07 Å². The Balaban J connectivity index is 1.88. The van der Waals surface area contributed by atoms with Gasteiger partial charge in [-0.2, -0.15) is 18.3 Å². The van der Waals surface area contributed by atoms with E-state index >= 15 is 0 Å². The van der Waals surface area contributed by atoms with Crippen LogP contribution >= 0.6 is 0 Å². The SMILES string of the molecule is Nc1cccc(OCCn2ccc(C(F)(F)F)n2)c1. The topological polar surface area (TPSA) is 53.1 Å². The molecule has 0 saturated heterocycles. The molecule has 0 aliphatic heterocycles. The summed E-state index contributed by atoms with van der Waals surface area (Å²) in [6, 6.07) is 7.75. The van der Waals surface area contributed by atoms with Crippen LogP contribution in [0, 0.1) is 0 Å². The van der Waals surface area contributed by atoms with E-state index in [-0.39, 0.29) is 13.2 Å². The summed E-state index contributed by atoms with van der Waals surface area (Å²) >= 11 is 0. The molecule has 2 N–H and O–H groups in total. The van der Waals surface area contributed by atoms with Crippen LogP contribution in [0.2, 0.25) is 0 Å². The van der Waals surface area contributed by atoms with Crippen LogP contribution < -0.4 is 10.5 Å². The van der Waals surface area contributed by atoms with Gasteiger partial charge in [0.15, 0.2) is 5.69 Å². The van der Waals surface area contributed by atoms with Crippen molar-refractivity contribution in [3.05, 3.63) is 42.2 Å². The zero-order valence-electron chi connectivity index (χ0n) is 9.89. The van der Waals surface area contributed by atoms with E-state index in [1.54, 1.807) is 24.3 Å². The van der Waals surface area contributed by atoms with Crippen LogP contribution in [0.5, 0.6) is 5.75 Å². The number of ether oxygens (including phenoxy) is 1. The van der Waals surface area contributed by atoms with Crippen LogP contribution in [0.25, 0.3) is 0 Å². The maximum absolute atomic E-state index is 12.3. The minimum absolute atomic E-state index is 0.211. The lowest BCUT2D eigenvalue weighted by atomic mass is 10.3. The number of nitrogens with zero attached hydrogens (tertiary/aromatic N) is 2. The van der Waals surface area contributed by atoms with Gasteiger partial charge in [0.2, 0.25) is 0 Å².